The summed E-state index contributed by atoms with van der Waals surface area (Å²) in [4.78, 5) is 16.1. The van der Waals surface area contributed by atoms with Gasteiger partial charge in [-0.25, -0.2) is 4.79 Å². The highest BCUT2D eigenvalue weighted by molar-refractivity contribution is 5.93. The second kappa shape index (κ2) is 12.4. The molecule has 2 atom stereocenters. The molecule has 0 radical (unpaired) electrons. The number of rotatable bonds is 9. The van der Waals surface area contributed by atoms with E-state index in [0.717, 1.165) is 39.7 Å². The van der Waals surface area contributed by atoms with Gasteiger partial charge in [-0.2, -0.15) is 0 Å². The Balaban J connectivity index is 1.73. The molecule has 6 heteroatoms. The molecule has 1 N–H and O–H groups in total. The number of benzene rings is 4. The Labute approximate surface area is 235 Å². The van der Waals surface area contributed by atoms with Crippen LogP contribution >= 0.6 is 0 Å². The quantitative estimate of drug-likeness (QED) is 0.227. The molecule has 0 saturated heterocycles. The first-order valence-corrected chi connectivity index (χ1v) is 13.5. The van der Waals surface area contributed by atoms with Crippen molar-refractivity contribution >= 4 is 17.3 Å². The third-order valence-electron chi connectivity index (χ3n) is 7.16. The summed E-state index contributed by atoms with van der Waals surface area (Å²) in [7, 11) is 3.31. The molecule has 0 aliphatic carbocycles. The van der Waals surface area contributed by atoms with Crippen LogP contribution < -0.4 is 19.7 Å². The lowest BCUT2D eigenvalue weighted by molar-refractivity contribution is -0.139. The minimum absolute atomic E-state index is 0.0706. The summed E-state index contributed by atoms with van der Waals surface area (Å²) < 4.78 is 16.5. The SMILES string of the molecule is CCOC(=O)C1=C(Nc2ccc(OC)cc2)C[C@@H](c2ccccc2)N(c2ccc(OC)cc2)[C@@H]1c1ccccc1. The van der Waals surface area contributed by atoms with Crippen molar-refractivity contribution in [3.05, 3.63) is 132 Å². The van der Waals surface area contributed by atoms with Crippen LogP contribution in [-0.2, 0) is 9.53 Å². The number of esters is 1. The Hall–Kier alpha value is -4.71. The highest BCUT2D eigenvalue weighted by Gasteiger charge is 2.41. The summed E-state index contributed by atoms with van der Waals surface area (Å²) in [5.74, 6) is 1.21. The summed E-state index contributed by atoms with van der Waals surface area (Å²) in [6.07, 6.45) is 0.569. The normalized spacial score (nSPS) is 16.8. The predicted octanol–water partition coefficient (Wildman–Crippen LogP) is 7.33. The fraction of sp³-hybridized carbons (Fsp3) is 0.206. The van der Waals surface area contributed by atoms with Gasteiger partial charge in [0.1, 0.15) is 11.5 Å². The van der Waals surface area contributed by atoms with Crippen LogP contribution in [0.3, 0.4) is 0 Å². The number of ether oxygens (including phenoxy) is 3. The van der Waals surface area contributed by atoms with E-state index in [-0.39, 0.29) is 18.6 Å². The molecule has 1 aliphatic rings. The van der Waals surface area contributed by atoms with E-state index in [0.29, 0.717) is 12.0 Å². The van der Waals surface area contributed by atoms with Crippen LogP contribution in [0.4, 0.5) is 11.4 Å². The molecule has 40 heavy (non-hydrogen) atoms. The number of methoxy groups -OCH3 is 2. The van der Waals surface area contributed by atoms with Crippen LogP contribution in [0.25, 0.3) is 0 Å². The lowest BCUT2D eigenvalue weighted by atomic mass is 9.84. The van der Waals surface area contributed by atoms with Gasteiger partial charge >= 0.3 is 5.97 Å². The van der Waals surface area contributed by atoms with Gasteiger partial charge in [0.25, 0.3) is 0 Å². The Morgan fingerprint density at radius 2 is 1.32 bits per heavy atom. The van der Waals surface area contributed by atoms with E-state index < -0.39 is 6.04 Å². The van der Waals surface area contributed by atoms with Crippen LogP contribution in [0, 0.1) is 0 Å². The van der Waals surface area contributed by atoms with Crippen LogP contribution in [0.5, 0.6) is 11.5 Å². The first-order valence-electron chi connectivity index (χ1n) is 13.5. The summed E-state index contributed by atoms with van der Waals surface area (Å²) in [6.45, 7) is 2.12. The molecule has 1 heterocycles. The van der Waals surface area contributed by atoms with E-state index in [1.54, 1.807) is 14.2 Å². The molecule has 0 fully saturated rings. The van der Waals surface area contributed by atoms with Gasteiger partial charge in [0.2, 0.25) is 0 Å². The maximum atomic E-state index is 13.8. The van der Waals surface area contributed by atoms with Gasteiger partial charge in [0.05, 0.1) is 38.5 Å². The van der Waals surface area contributed by atoms with Crippen molar-refractivity contribution in [2.75, 3.05) is 31.0 Å². The average Bonchev–Trinajstić information content (AvgIpc) is 3.02. The minimum atomic E-state index is -0.409. The largest absolute Gasteiger partial charge is 0.497 e. The van der Waals surface area contributed by atoms with Gasteiger partial charge in [-0.3, -0.25) is 0 Å². The monoisotopic (exact) mass is 534 g/mol. The molecule has 0 amide bonds. The third kappa shape index (κ3) is 5.66. The van der Waals surface area contributed by atoms with Gasteiger partial charge in [-0.1, -0.05) is 60.7 Å². The van der Waals surface area contributed by atoms with E-state index in [1.165, 1.54) is 0 Å². The second-order valence-corrected chi connectivity index (χ2v) is 9.52. The minimum Gasteiger partial charge on any atom is -0.497 e. The predicted molar refractivity (Wildman–Crippen MR) is 159 cm³/mol. The van der Waals surface area contributed by atoms with E-state index in [1.807, 2.05) is 67.6 Å². The Morgan fingerprint density at radius 3 is 1.88 bits per heavy atom. The van der Waals surface area contributed by atoms with Crippen LogP contribution in [0.1, 0.15) is 36.6 Å². The second-order valence-electron chi connectivity index (χ2n) is 9.52. The van der Waals surface area contributed by atoms with Crippen molar-refractivity contribution in [2.45, 2.75) is 25.4 Å². The number of carbonyl (C=O) groups is 1. The summed E-state index contributed by atoms with van der Waals surface area (Å²) in [6, 6.07) is 35.8. The van der Waals surface area contributed by atoms with Gasteiger partial charge in [0, 0.05) is 23.5 Å². The van der Waals surface area contributed by atoms with Crippen molar-refractivity contribution in [2.24, 2.45) is 0 Å². The summed E-state index contributed by atoms with van der Waals surface area (Å²) in [5, 5.41) is 3.59. The van der Waals surface area contributed by atoms with Crippen LogP contribution in [-0.4, -0.2) is 26.8 Å². The number of hydrogen-bond donors (Lipinski definition) is 1. The maximum Gasteiger partial charge on any atom is 0.338 e. The van der Waals surface area contributed by atoms with Crippen molar-refractivity contribution in [1.29, 1.82) is 0 Å². The van der Waals surface area contributed by atoms with Crippen LogP contribution in [0.2, 0.25) is 0 Å². The zero-order valence-corrected chi connectivity index (χ0v) is 23.0. The smallest absolute Gasteiger partial charge is 0.338 e. The highest BCUT2D eigenvalue weighted by Crippen LogP contribution is 2.48. The zero-order valence-electron chi connectivity index (χ0n) is 23.0. The van der Waals surface area contributed by atoms with E-state index in [2.05, 4.69) is 58.7 Å². The van der Waals surface area contributed by atoms with Crippen molar-refractivity contribution in [3.63, 3.8) is 0 Å². The summed E-state index contributed by atoms with van der Waals surface area (Å²) >= 11 is 0. The molecular formula is C34H34N2O4. The molecule has 0 spiro atoms. The maximum absolute atomic E-state index is 13.8. The van der Waals surface area contributed by atoms with Gasteiger partial charge in [-0.05, 0) is 66.6 Å². The van der Waals surface area contributed by atoms with E-state index in [9.17, 15) is 4.79 Å². The molecule has 4 aromatic rings. The first kappa shape index (κ1) is 26.9. The standard InChI is InChI=1S/C34H34N2O4/c1-4-40-34(37)32-30(35-26-15-19-28(38-2)20-16-26)23-31(24-11-7-5-8-12-24)36(27-17-21-29(39-3)22-18-27)33(32)25-13-9-6-10-14-25/h5-22,31,33,35H,4,23H2,1-3H3/t31-,33+/m0/s1. The number of nitrogens with one attached hydrogen (secondary N) is 1. The van der Waals surface area contributed by atoms with E-state index in [4.69, 9.17) is 14.2 Å². The molecule has 0 unspecified atom stereocenters. The lowest BCUT2D eigenvalue weighted by Gasteiger charge is -2.46. The average molecular weight is 535 g/mol. The van der Waals surface area contributed by atoms with Gasteiger partial charge < -0.3 is 24.4 Å². The molecule has 1 aliphatic heterocycles. The van der Waals surface area contributed by atoms with Crippen molar-refractivity contribution < 1.29 is 19.0 Å². The molecule has 0 aromatic heterocycles. The van der Waals surface area contributed by atoms with Crippen LogP contribution in [0.15, 0.2) is 120 Å². The van der Waals surface area contributed by atoms with Gasteiger partial charge in [0.15, 0.2) is 0 Å². The molecule has 0 saturated carbocycles. The third-order valence-corrected chi connectivity index (χ3v) is 7.16. The fourth-order valence-corrected chi connectivity index (χ4v) is 5.30. The molecule has 6 nitrogen and oxygen atoms in total. The molecule has 4 aromatic carbocycles. The molecule has 5 rings (SSSR count). The number of carbonyl (C=O) groups excluding carboxylic acids is 1. The number of nitrogens with zero attached hydrogens (tertiary/aromatic N) is 1. The molecule has 0 bridgehead atoms. The zero-order chi connectivity index (χ0) is 27.9. The molecule has 204 valence electrons. The van der Waals surface area contributed by atoms with Crippen molar-refractivity contribution in [3.8, 4) is 11.5 Å². The van der Waals surface area contributed by atoms with Crippen molar-refractivity contribution in [1.82, 2.24) is 0 Å². The van der Waals surface area contributed by atoms with E-state index >= 15 is 0 Å². The number of anilines is 2. The lowest BCUT2D eigenvalue weighted by Crippen LogP contribution is -2.41. The van der Waals surface area contributed by atoms with Gasteiger partial charge in [-0.15, -0.1) is 0 Å². The highest BCUT2D eigenvalue weighted by atomic mass is 16.5. The summed E-state index contributed by atoms with van der Waals surface area (Å²) in [5.41, 5.74) is 5.41. The topological polar surface area (TPSA) is 60.0 Å². The molecular weight excluding hydrogens is 500 g/mol. The Bertz CT molecular complexity index is 1440. The number of hydrogen-bond acceptors (Lipinski definition) is 6. The fourth-order valence-electron chi connectivity index (χ4n) is 5.30. The Morgan fingerprint density at radius 1 is 0.775 bits per heavy atom. The Kier molecular flexibility index (Phi) is 8.35. The first-order chi connectivity index (χ1) is 19.6.